The maximum absolute atomic E-state index is 12.1. The molecular weight excluding hydrogens is 300 g/mol. The van der Waals surface area contributed by atoms with Gasteiger partial charge in [0.2, 0.25) is 0 Å². The van der Waals surface area contributed by atoms with E-state index < -0.39 is 17.8 Å². The number of anilines is 1. The van der Waals surface area contributed by atoms with Gasteiger partial charge in [0.25, 0.3) is 5.91 Å². The summed E-state index contributed by atoms with van der Waals surface area (Å²) in [5.74, 6) is -3.19. The van der Waals surface area contributed by atoms with Crippen LogP contribution in [-0.2, 0) is 0 Å². The first-order valence-electron chi connectivity index (χ1n) is 6.34. The molecule has 3 N–H and O–H groups in total. The molecule has 2 aromatic rings. The van der Waals surface area contributed by atoms with E-state index in [1.807, 2.05) is 6.07 Å². The lowest BCUT2D eigenvalue weighted by Gasteiger charge is -2.09. The first-order valence-corrected chi connectivity index (χ1v) is 6.34. The maximum Gasteiger partial charge on any atom is 0.337 e. The summed E-state index contributed by atoms with van der Waals surface area (Å²) in [4.78, 5) is 34.2. The Balaban J connectivity index is 2.31. The fraction of sp³-hybridized carbons (Fsp3) is 0. The van der Waals surface area contributed by atoms with E-state index in [9.17, 15) is 14.4 Å². The summed E-state index contributed by atoms with van der Waals surface area (Å²) in [6, 6.07) is 11.1. The van der Waals surface area contributed by atoms with Crippen molar-refractivity contribution in [2.45, 2.75) is 0 Å². The van der Waals surface area contributed by atoms with Crippen LogP contribution in [0.15, 0.2) is 42.5 Å². The molecule has 0 aliphatic heterocycles. The number of nitriles is 1. The molecule has 1 amide bonds. The van der Waals surface area contributed by atoms with Crippen LogP contribution in [0, 0.1) is 11.3 Å². The number of hydrogen-bond acceptors (Lipinski definition) is 4. The highest BCUT2D eigenvalue weighted by Crippen LogP contribution is 2.19. The molecule has 0 aliphatic rings. The number of amides is 1. The van der Waals surface area contributed by atoms with E-state index in [2.05, 4.69) is 5.32 Å². The van der Waals surface area contributed by atoms with Gasteiger partial charge in [0.15, 0.2) is 0 Å². The molecule has 0 bridgehead atoms. The van der Waals surface area contributed by atoms with E-state index >= 15 is 0 Å². The number of carboxylic acid groups (broad SMARTS) is 2. The van der Waals surface area contributed by atoms with Gasteiger partial charge in [0.05, 0.1) is 28.4 Å². The van der Waals surface area contributed by atoms with E-state index in [0.717, 1.165) is 6.07 Å². The van der Waals surface area contributed by atoms with Gasteiger partial charge in [-0.3, -0.25) is 4.79 Å². The molecule has 7 nitrogen and oxygen atoms in total. The molecule has 114 valence electrons. The Labute approximate surface area is 130 Å². The summed E-state index contributed by atoms with van der Waals surface area (Å²) in [7, 11) is 0. The summed E-state index contributed by atoms with van der Waals surface area (Å²) >= 11 is 0. The second-order valence-electron chi connectivity index (χ2n) is 4.51. The summed E-state index contributed by atoms with van der Waals surface area (Å²) in [6.07, 6.45) is 0. The Morgan fingerprint density at radius 3 is 2.04 bits per heavy atom. The van der Waals surface area contributed by atoms with Gasteiger partial charge in [-0.15, -0.1) is 0 Å². The van der Waals surface area contributed by atoms with Crippen LogP contribution < -0.4 is 5.32 Å². The highest BCUT2D eigenvalue weighted by atomic mass is 16.4. The van der Waals surface area contributed by atoms with Crippen LogP contribution in [0.25, 0.3) is 0 Å². The highest BCUT2D eigenvalue weighted by molar-refractivity contribution is 6.08. The Bertz CT molecular complexity index is 835. The topological polar surface area (TPSA) is 127 Å². The van der Waals surface area contributed by atoms with Crippen molar-refractivity contribution >= 4 is 23.5 Å². The predicted molar refractivity (Wildman–Crippen MR) is 79.5 cm³/mol. The number of benzene rings is 2. The fourth-order valence-electron chi connectivity index (χ4n) is 1.85. The monoisotopic (exact) mass is 310 g/mol. The molecule has 0 heterocycles. The van der Waals surface area contributed by atoms with Crippen LogP contribution in [0.3, 0.4) is 0 Å². The number of nitrogens with zero attached hydrogens (tertiary/aromatic N) is 1. The van der Waals surface area contributed by atoms with Crippen molar-refractivity contribution in [3.05, 3.63) is 64.7 Å². The van der Waals surface area contributed by atoms with E-state index in [1.54, 1.807) is 0 Å². The number of nitrogens with one attached hydrogen (secondary N) is 1. The van der Waals surface area contributed by atoms with Gasteiger partial charge in [-0.2, -0.15) is 5.26 Å². The zero-order chi connectivity index (χ0) is 17.0. The number of hydrogen-bond donors (Lipinski definition) is 3. The molecule has 23 heavy (non-hydrogen) atoms. The zero-order valence-corrected chi connectivity index (χ0v) is 11.6. The normalized spacial score (nSPS) is 9.70. The van der Waals surface area contributed by atoms with Crippen molar-refractivity contribution in [2.75, 3.05) is 5.32 Å². The Hall–Kier alpha value is -3.66. The lowest BCUT2D eigenvalue weighted by atomic mass is 10.1. The van der Waals surface area contributed by atoms with Crippen LogP contribution in [0.4, 0.5) is 5.69 Å². The van der Waals surface area contributed by atoms with Crippen LogP contribution in [-0.4, -0.2) is 28.1 Å². The second-order valence-corrected chi connectivity index (χ2v) is 4.51. The summed E-state index contributed by atoms with van der Waals surface area (Å²) < 4.78 is 0. The molecule has 0 aliphatic carbocycles. The molecule has 0 radical (unpaired) electrons. The third-order valence-corrected chi connectivity index (χ3v) is 3.02. The lowest BCUT2D eigenvalue weighted by molar-refractivity contribution is 0.0696. The molecule has 7 heteroatoms. The molecule has 0 saturated carbocycles. The van der Waals surface area contributed by atoms with Gasteiger partial charge in [-0.1, -0.05) is 0 Å². The Kier molecular flexibility index (Phi) is 4.38. The van der Waals surface area contributed by atoms with Gasteiger partial charge >= 0.3 is 11.9 Å². The second kappa shape index (κ2) is 6.41. The van der Waals surface area contributed by atoms with Crippen LogP contribution in [0.5, 0.6) is 0 Å². The minimum Gasteiger partial charge on any atom is -0.478 e. The maximum atomic E-state index is 12.1. The summed E-state index contributed by atoms with van der Waals surface area (Å²) in [6.45, 7) is 0. The smallest absolute Gasteiger partial charge is 0.337 e. The standard InChI is InChI=1S/C16H10N2O5/c17-8-9-1-3-10(4-2-9)14(19)18-13-6-5-11(15(20)21)7-12(13)16(22)23/h1-7H,(H,18,19)(H,20,21)(H,22,23). The van der Waals surface area contributed by atoms with Crippen molar-refractivity contribution < 1.29 is 24.6 Å². The zero-order valence-electron chi connectivity index (χ0n) is 11.6. The minimum atomic E-state index is -1.36. The fourth-order valence-corrected chi connectivity index (χ4v) is 1.85. The first kappa shape index (κ1) is 15.7. The average molecular weight is 310 g/mol. The molecule has 0 saturated heterocycles. The van der Waals surface area contributed by atoms with Gasteiger partial charge in [-0.25, -0.2) is 9.59 Å². The van der Waals surface area contributed by atoms with Crippen molar-refractivity contribution in [1.82, 2.24) is 0 Å². The van der Waals surface area contributed by atoms with Crippen LogP contribution in [0.2, 0.25) is 0 Å². The van der Waals surface area contributed by atoms with E-state index in [0.29, 0.717) is 5.56 Å². The Morgan fingerprint density at radius 1 is 0.913 bits per heavy atom. The third kappa shape index (κ3) is 3.51. The van der Waals surface area contributed by atoms with E-state index in [4.69, 9.17) is 15.5 Å². The molecule has 0 spiro atoms. The quantitative estimate of drug-likeness (QED) is 0.794. The summed E-state index contributed by atoms with van der Waals surface area (Å²) in [5.41, 5.74) is 0.0868. The Morgan fingerprint density at radius 2 is 1.52 bits per heavy atom. The number of rotatable bonds is 4. The molecule has 0 fully saturated rings. The van der Waals surface area contributed by atoms with Crippen molar-refractivity contribution in [1.29, 1.82) is 5.26 Å². The number of carbonyl (C=O) groups excluding carboxylic acids is 1. The predicted octanol–water partition coefficient (Wildman–Crippen LogP) is 2.21. The average Bonchev–Trinajstić information content (AvgIpc) is 2.54. The van der Waals surface area contributed by atoms with E-state index in [-0.39, 0.29) is 22.4 Å². The van der Waals surface area contributed by atoms with Crippen molar-refractivity contribution in [2.24, 2.45) is 0 Å². The first-order chi connectivity index (χ1) is 10.9. The van der Waals surface area contributed by atoms with Crippen LogP contribution in [0.1, 0.15) is 36.6 Å². The van der Waals surface area contributed by atoms with Crippen molar-refractivity contribution in [3.8, 4) is 6.07 Å². The molecule has 0 atom stereocenters. The largest absolute Gasteiger partial charge is 0.478 e. The minimum absolute atomic E-state index is 0.0168. The molecule has 2 rings (SSSR count). The van der Waals surface area contributed by atoms with E-state index in [1.165, 1.54) is 36.4 Å². The highest BCUT2D eigenvalue weighted by Gasteiger charge is 2.16. The van der Waals surface area contributed by atoms with Gasteiger partial charge in [0.1, 0.15) is 0 Å². The van der Waals surface area contributed by atoms with Crippen LogP contribution >= 0.6 is 0 Å². The number of carbonyl (C=O) groups is 3. The van der Waals surface area contributed by atoms with Gasteiger partial charge in [0, 0.05) is 5.56 Å². The third-order valence-electron chi connectivity index (χ3n) is 3.02. The molecule has 0 unspecified atom stereocenters. The molecular formula is C16H10N2O5. The lowest BCUT2D eigenvalue weighted by Crippen LogP contribution is -2.15. The summed E-state index contributed by atoms with van der Waals surface area (Å²) in [5, 5.41) is 29.2. The van der Waals surface area contributed by atoms with Gasteiger partial charge in [-0.05, 0) is 42.5 Å². The molecule has 2 aromatic carbocycles. The van der Waals surface area contributed by atoms with Crippen molar-refractivity contribution in [3.63, 3.8) is 0 Å². The van der Waals surface area contributed by atoms with Gasteiger partial charge < -0.3 is 15.5 Å². The number of aromatic carboxylic acids is 2. The SMILES string of the molecule is N#Cc1ccc(C(=O)Nc2ccc(C(=O)O)cc2C(=O)O)cc1. The number of carboxylic acids is 2. The molecule has 0 aromatic heterocycles.